The maximum atomic E-state index is 13.9. The van der Waals surface area contributed by atoms with E-state index in [4.69, 9.17) is 25.0 Å². The summed E-state index contributed by atoms with van der Waals surface area (Å²) in [5, 5.41) is 29.7. The molecule has 0 bridgehead atoms. The van der Waals surface area contributed by atoms with E-state index in [1.165, 1.54) is 27.7 Å². The van der Waals surface area contributed by atoms with Crippen LogP contribution in [0.2, 0.25) is 0 Å². The molecule has 30 nitrogen and oxygen atoms in total. The molecule has 6 aliphatic rings. The van der Waals surface area contributed by atoms with E-state index in [9.17, 15) is 59.9 Å². The van der Waals surface area contributed by atoms with Gasteiger partial charge in [-0.25, -0.2) is 46.4 Å². The Hall–Kier alpha value is -5.34. The molecular weight excluding hydrogens is 1250 g/mol. The number of aryl methyl sites for hydroxylation is 2. The lowest BCUT2D eigenvalue weighted by molar-refractivity contribution is -0.121. The number of imidazole rings is 1. The van der Waals surface area contributed by atoms with E-state index >= 15 is 0 Å². The molecule has 12 N–H and O–H groups in total. The fraction of sp³-hybridized carbons (Fsp3) is 0.528. The Labute approximate surface area is 505 Å². The molecule has 11 rings (SSSR count). The number of carbonyl (C=O) groups excluding carboxylic acids is 1. The van der Waals surface area contributed by atoms with E-state index < -0.39 is 79.7 Å². The molecule has 6 atom stereocenters. The van der Waals surface area contributed by atoms with Crippen LogP contribution in [0.3, 0.4) is 0 Å². The zero-order valence-corrected chi connectivity index (χ0v) is 51.9. The Bertz CT molecular complexity index is 4090. The molecule has 88 heavy (non-hydrogen) atoms. The van der Waals surface area contributed by atoms with Crippen LogP contribution < -0.4 is 45.9 Å². The fourth-order valence-corrected chi connectivity index (χ4v) is 17.7. The second-order valence-electron chi connectivity index (χ2n) is 22.5. The number of amides is 1. The summed E-state index contributed by atoms with van der Waals surface area (Å²) in [7, 11) is -26.3. The molecule has 0 aliphatic carbocycles. The van der Waals surface area contributed by atoms with Gasteiger partial charge in [0.2, 0.25) is 27.2 Å². The highest BCUT2D eigenvalue weighted by Gasteiger charge is 2.48. The maximum Gasteiger partial charge on any atom is 0.490 e. The van der Waals surface area contributed by atoms with Gasteiger partial charge in [-0.1, -0.05) is 25.3 Å². The minimum absolute atomic E-state index is 0.0142. The van der Waals surface area contributed by atoms with Crippen molar-refractivity contribution in [3.63, 3.8) is 0 Å². The molecule has 0 spiro atoms. The van der Waals surface area contributed by atoms with Gasteiger partial charge in [-0.2, -0.15) is 17.0 Å². The second kappa shape index (κ2) is 25.7. The lowest BCUT2D eigenvalue weighted by Gasteiger charge is -2.39. The number of rotatable bonds is 26. The van der Waals surface area contributed by atoms with E-state index in [1.54, 1.807) is 0 Å². The van der Waals surface area contributed by atoms with Gasteiger partial charge < -0.3 is 60.5 Å². The number of hydrogen-bond acceptors (Lipinski definition) is 21. The Kier molecular flexibility index (Phi) is 18.8. The van der Waals surface area contributed by atoms with E-state index in [2.05, 4.69) is 65.1 Å². The number of fused-ring (bicyclic) bond motifs is 5. The smallest absolute Gasteiger partial charge is 0.455 e. The van der Waals surface area contributed by atoms with Crippen LogP contribution in [0.25, 0.3) is 16.7 Å². The summed E-state index contributed by atoms with van der Waals surface area (Å²) in [6, 6.07) is 8.13. The summed E-state index contributed by atoms with van der Waals surface area (Å²) in [5.74, 6) is 1.25. The number of ether oxygens (including phenoxy) is 2. The number of unbranched alkanes of at least 4 members (excludes halogenated alkanes) is 5. The number of aromatic nitrogens is 4. The lowest BCUT2D eigenvalue weighted by Crippen LogP contribution is -2.45. The number of aliphatic hydroxyl groups is 2. The largest absolute Gasteiger partial charge is 0.490 e. The minimum Gasteiger partial charge on any atom is -0.455 e. The van der Waals surface area contributed by atoms with Gasteiger partial charge in [0, 0.05) is 90.7 Å². The van der Waals surface area contributed by atoms with Crippen molar-refractivity contribution in [2.75, 3.05) is 68.4 Å². The van der Waals surface area contributed by atoms with E-state index in [0.29, 0.717) is 68.7 Å². The summed E-state index contributed by atoms with van der Waals surface area (Å²) in [5.41, 5.74) is 13.4. The number of hydrogen-bond donors (Lipinski definition) is 11. The summed E-state index contributed by atoms with van der Waals surface area (Å²) in [6.45, 7) is 3.48. The third kappa shape index (κ3) is 13.8. The van der Waals surface area contributed by atoms with Crippen LogP contribution in [0.4, 0.5) is 17.5 Å². The Balaban J connectivity index is 0.654. The summed E-state index contributed by atoms with van der Waals surface area (Å²) in [4.78, 5) is 63.8. The molecule has 0 saturated carbocycles. The van der Waals surface area contributed by atoms with Gasteiger partial charge in [-0.05, 0) is 94.0 Å². The Morgan fingerprint density at radius 3 is 2.25 bits per heavy atom. The number of benzene rings is 3. The first-order valence-corrected chi connectivity index (χ1v) is 36.6. The monoisotopic (exact) mass is 1320 g/mol. The number of aliphatic hydroxyl groups excluding tert-OH is 2. The van der Waals surface area contributed by atoms with Crippen molar-refractivity contribution in [2.24, 2.45) is 0 Å². The number of phosphoric ester groups is 1. The van der Waals surface area contributed by atoms with Crippen LogP contribution in [0.5, 0.6) is 11.5 Å². The summed E-state index contributed by atoms with van der Waals surface area (Å²) >= 11 is 0. The molecular formula is C53H70N10O20P3S2+. The van der Waals surface area contributed by atoms with E-state index in [0.717, 1.165) is 129 Å². The minimum atomic E-state index is -5.83. The zero-order valence-electron chi connectivity index (χ0n) is 47.6. The number of sulfonamides is 1. The molecule has 6 aliphatic heterocycles. The average molecular weight is 1320 g/mol. The normalized spacial score (nSPS) is 21.2. The molecule has 0 radical (unpaired) electrons. The first-order valence-electron chi connectivity index (χ1n) is 29.1. The highest BCUT2D eigenvalue weighted by molar-refractivity contribution is 7.89. The Morgan fingerprint density at radius 2 is 1.49 bits per heavy atom. The van der Waals surface area contributed by atoms with Crippen molar-refractivity contribution in [3.8, 4) is 11.5 Å². The van der Waals surface area contributed by atoms with Crippen LogP contribution >= 0.6 is 23.5 Å². The molecule has 2 unspecified atom stereocenters. The summed E-state index contributed by atoms with van der Waals surface area (Å²) in [6.07, 6.45) is 5.86. The quantitative estimate of drug-likeness (QED) is 0.0161. The molecule has 35 heteroatoms. The van der Waals surface area contributed by atoms with Crippen LogP contribution in [-0.2, 0) is 82.2 Å². The number of nitrogens with one attached hydrogen (secondary N) is 3. The van der Waals surface area contributed by atoms with Crippen LogP contribution in [0.1, 0.15) is 117 Å². The van der Waals surface area contributed by atoms with Gasteiger partial charge in [0.05, 0.1) is 17.1 Å². The lowest BCUT2D eigenvalue weighted by atomic mass is 9.82. The van der Waals surface area contributed by atoms with Gasteiger partial charge in [0.15, 0.2) is 23.2 Å². The van der Waals surface area contributed by atoms with E-state index in [-0.39, 0.29) is 52.3 Å². The van der Waals surface area contributed by atoms with E-state index in [1.807, 2.05) is 0 Å². The number of nitrogen functional groups attached to an aromatic ring is 1. The van der Waals surface area contributed by atoms with Crippen LogP contribution in [0, 0.1) is 0 Å². The van der Waals surface area contributed by atoms with Gasteiger partial charge in [-0.15, -0.1) is 0 Å². The van der Waals surface area contributed by atoms with Gasteiger partial charge >= 0.3 is 23.5 Å². The van der Waals surface area contributed by atoms with Gasteiger partial charge in [0.1, 0.15) is 54.1 Å². The third-order valence-corrected chi connectivity index (χ3v) is 22.6. The molecule has 3 aromatic carbocycles. The number of nitrogens with zero attached hydrogens (tertiary/aromatic N) is 6. The first-order chi connectivity index (χ1) is 41.8. The van der Waals surface area contributed by atoms with Gasteiger partial charge in [0.25, 0.3) is 10.1 Å². The number of nitrogens with two attached hydrogens (primary N) is 1. The topological polar surface area (TPSA) is 436 Å². The van der Waals surface area contributed by atoms with Crippen molar-refractivity contribution < 1.29 is 92.3 Å². The Morgan fingerprint density at radius 1 is 0.784 bits per heavy atom. The van der Waals surface area contributed by atoms with Crippen molar-refractivity contribution in [1.29, 1.82) is 0 Å². The van der Waals surface area contributed by atoms with Gasteiger partial charge in [-0.3, -0.25) is 18.4 Å². The summed E-state index contributed by atoms with van der Waals surface area (Å²) < 4.78 is 132. The van der Waals surface area contributed by atoms with Crippen LogP contribution in [-0.4, -0.2) is 147 Å². The SMILES string of the molecule is Nc1ncnc2c1nc(NCCCCCCNC(=O)CCCCCNS(=O)(=O)c1ccc(C3=c4cc5c6c(c4Oc4c3cc3c7c4CCCN7CCC3)CCC[N+]=6CCC5)c(S(=O)(=O)O)c1)n2[C@@H]1O[C@H](COP(=O)(O)OP(=O)(O)OP(=O)(O)O)[C@@H](O)[C@H]1O. The highest BCUT2D eigenvalue weighted by Crippen LogP contribution is 2.66. The van der Waals surface area contributed by atoms with Crippen molar-refractivity contribution in [3.05, 3.63) is 80.6 Å². The number of anilines is 3. The molecule has 478 valence electrons. The average Bonchev–Trinajstić information content (AvgIpc) is 0.897. The number of phosphoric acid groups is 3. The molecule has 1 fully saturated rings. The van der Waals surface area contributed by atoms with Crippen LogP contribution in [0.15, 0.2) is 46.5 Å². The van der Waals surface area contributed by atoms with Crippen molar-refractivity contribution >= 4 is 83.7 Å². The molecule has 8 heterocycles. The second-order valence-corrected chi connectivity index (χ2v) is 30.1. The predicted octanol–water partition coefficient (Wildman–Crippen LogP) is 2.68. The first kappa shape index (κ1) is 64.2. The van der Waals surface area contributed by atoms with Crippen molar-refractivity contribution in [1.82, 2.24) is 34.1 Å². The zero-order chi connectivity index (χ0) is 62.5. The standard InChI is InChI=1S/C53H69N10O20P3S2/c54-50-43-51(58-30-57-50)63(52-47(66)46(65)39(80-52)29-79-85(70,71)83-86(72,73)82-84(67,68)69)53(60-43)56-20-6-2-1-5-19-55-41(64)16-4-3-7-21-59-87(74,75)33-17-18-34(40(28-33)88(76,77)78)42-37-26-31-12-8-22-61-24-10-14-35(44(31)61)48(37)81-49-36-15-11-25-62-23-9-13-32(45(36)62)27-38(42)49/h17-18,26-28,30,39,46-47,52,59,65-66H,1-16,19-25,29H2,(H8-,54,55,56,57,58,60,64,67,68,69,70,71,72,73,76,77,78)/p+1/t39-,46-,47-,52-/m1/s1. The molecule has 1 amide bonds. The molecule has 1 saturated heterocycles. The molecule has 5 aromatic rings. The predicted molar refractivity (Wildman–Crippen MR) is 316 cm³/mol. The molecule has 2 aromatic heterocycles. The van der Waals surface area contributed by atoms with Crippen molar-refractivity contribution in [2.45, 2.75) is 137 Å². The number of carbonyl (C=O) groups is 1. The third-order valence-electron chi connectivity index (χ3n) is 16.5. The maximum absolute atomic E-state index is 13.9. The fourth-order valence-electron chi connectivity index (χ4n) is 12.7. The highest BCUT2D eigenvalue weighted by atomic mass is 32.2.